The molecule has 10 heteroatoms. The van der Waals surface area contributed by atoms with Crippen LogP contribution in [0.2, 0.25) is 0 Å². The molecule has 0 radical (unpaired) electrons. The first kappa shape index (κ1) is 21.6. The maximum absolute atomic E-state index is 13.3. The Morgan fingerprint density at radius 2 is 2.15 bits per heavy atom. The smallest absolute Gasteiger partial charge is 0.331 e. The van der Waals surface area contributed by atoms with Gasteiger partial charge in [-0.1, -0.05) is 0 Å². The molecule has 0 saturated heterocycles. The second kappa shape index (κ2) is 8.27. The van der Waals surface area contributed by atoms with Crippen LogP contribution in [0.1, 0.15) is 48.3 Å². The number of aromatic nitrogens is 2. The minimum absolute atomic E-state index is 0.00115. The van der Waals surface area contributed by atoms with E-state index in [9.17, 15) is 9.59 Å². The van der Waals surface area contributed by atoms with E-state index in [0.717, 1.165) is 30.2 Å². The molecule has 172 valence electrons. The summed E-state index contributed by atoms with van der Waals surface area (Å²) in [5.41, 5.74) is 8.64. The van der Waals surface area contributed by atoms with Gasteiger partial charge in [0.15, 0.2) is 0 Å². The van der Waals surface area contributed by atoms with Gasteiger partial charge in [-0.3, -0.25) is 9.69 Å². The summed E-state index contributed by atoms with van der Waals surface area (Å²) in [5.74, 6) is 0.296. The fourth-order valence-corrected chi connectivity index (χ4v) is 5.47. The van der Waals surface area contributed by atoms with Crippen molar-refractivity contribution in [2.45, 2.75) is 58.2 Å². The summed E-state index contributed by atoms with van der Waals surface area (Å²) >= 11 is 1.28. The number of nitrogens with two attached hydrogens (primary N) is 1. The number of aryl methyl sites for hydroxylation is 1. The van der Waals surface area contributed by atoms with Gasteiger partial charge in [0, 0.05) is 24.3 Å². The number of ether oxygens (including phenoxy) is 1. The lowest BCUT2D eigenvalue weighted by Crippen LogP contribution is -2.36. The molecule has 1 aliphatic carbocycles. The molecule has 33 heavy (non-hydrogen) atoms. The Morgan fingerprint density at radius 3 is 2.85 bits per heavy atom. The van der Waals surface area contributed by atoms with E-state index in [2.05, 4.69) is 20.6 Å². The number of carbonyl (C=O) groups excluding carboxylic acids is 2. The minimum atomic E-state index is -0.354. The van der Waals surface area contributed by atoms with Crippen molar-refractivity contribution in [2.24, 2.45) is 5.73 Å². The fourth-order valence-electron chi connectivity index (χ4n) is 4.45. The van der Waals surface area contributed by atoms with Crippen molar-refractivity contribution in [3.63, 3.8) is 0 Å². The highest BCUT2D eigenvalue weighted by atomic mass is 32.1. The molecule has 0 aromatic carbocycles. The predicted octanol–water partition coefficient (Wildman–Crippen LogP) is 4.08. The Labute approximate surface area is 195 Å². The van der Waals surface area contributed by atoms with Crippen molar-refractivity contribution in [3.05, 3.63) is 35.0 Å². The molecule has 3 aromatic heterocycles. The molecule has 1 saturated carbocycles. The number of hydrogen-bond donors (Lipinski definition) is 3. The number of carbonyl (C=O) groups is 2. The average Bonchev–Trinajstić information content (AvgIpc) is 3.33. The monoisotopic (exact) mass is 466 g/mol. The average molecular weight is 467 g/mol. The van der Waals surface area contributed by atoms with Gasteiger partial charge in [-0.25, -0.2) is 14.8 Å². The third-order valence-corrected chi connectivity index (χ3v) is 7.01. The standard InChI is InChI=1S/C23H26N6O3S/c1-11(2)32-17-8-12(3)16(10-26-17)29-15-6-7-25-22-18(15)19(28-23(29)31)20(33-22)21(30)27-14-5-4-13(24)9-14/h6-8,10-11,13-14H,4-5,9,24H2,1-3H3,(H,27,30)(H,28,31)/t13-,14+/m0/s1. The van der Waals surface area contributed by atoms with Crippen molar-refractivity contribution >= 4 is 50.6 Å². The van der Waals surface area contributed by atoms with Crippen LogP contribution >= 0.6 is 11.3 Å². The first-order valence-electron chi connectivity index (χ1n) is 11.0. The molecular weight excluding hydrogens is 440 g/mol. The number of rotatable bonds is 5. The van der Waals surface area contributed by atoms with Gasteiger partial charge >= 0.3 is 6.03 Å². The van der Waals surface area contributed by atoms with Crippen molar-refractivity contribution < 1.29 is 14.3 Å². The number of thiophene rings is 1. The van der Waals surface area contributed by atoms with Crippen LogP contribution in [-0.2, 0) is 0 Å². The Balaban J connectivity index is 1.53. The predicted molar refractivity (Wildman–Crippen MR) is 129 cm³/mol. The van der Waals surface area contributed by atoms with E-state index in [-0.39, 0.29) is 30.1 Å². The van der Waals surface area contributed by atoms with Gasteiger partial charge in [-0.2, -0.15) is 0 Å². The minimum Gasteiger partial charge on any atom is -0.475 e. The quantitative estimate of drug-likeness (QED) is 0.521. The molecular formula is C23H26N6O3S. The molecule has 3 aromatic rings. The highest BCUT2D eigenvalue weighted by Gasteiger charge is 2.34. The summed E-state index contributed by atoms with van der Waals surface area (Å²) in [7, 11) is 0. The number of amides is 3. The zero-order valence-corrected chi connectivity index (χ0v) is 19.5. The molecule has 1 fully saturated rings. The van der Waals surface area contributed by atoms with Crippen molar-refractivity contribution in [3.8, 4) is 5.88 Å². The van der Waals surface area contributed by atoms with Crippen molar-refractivity contribution in [2.75, 3.05) is 10.2 Å². The van der Waals surface area contributed by atoms with Gasteiger partial charge in [0.05, 0.1) is 34.7 Å². The van der Waals surface area contributed by atoms with E-state index in [4.69, 9.17) is 10.5 Å². The van der Waals surface area contributed by atoms with Crippen molar-refractivity contribution in [1.29, 1.82) is 0 Å². The van der Waals surface area contributed by atoms with Crippen LogP contribution in [-0.4, -0.2) is 40.1 Å². The maximum atomic E-state index is 13.3. The molecule has 5 rings (SSSR count). The summed E-state index contributed by atoms with van der Waals surface area (Å²) in [6.07, 6.45) is 5.81. The third-order valence-electron chi connectivity index (χ3n) is 5.92. The Hall–Kier alpha value is -3.24. The van der Waals surface area contributed by atoms with Crippen LogP contribution in [0.4, 0.5) is 21.9 Å². The molecule has 0 spiro atoms. The largest absolute Gasteiger partial charge is 0.475 e. The van der Waals surface area contributed by atoms with Crippen LogP contribution in [0.5, 0.6) is 5.88 Å². The normalized spacial score (nSPS) is 19.8. The van der Waals surface area contributed by atoms with E-state index in [1.165, 1.54) is 11.3 Å². The summed E-state index contributed by atoms with van der Waals surface area (Å²) in [6, 6.07) is 3.41. The molecule has 1 aliphatic heterocycles. The number of anilines is 3. The van der Waals surface area contributed by atoms with E-state index < -0.39 is 0 Å². The van der Waals surface area contributed by atoms with Gasteiger partial charge in [-0.05, 0) is 51.7 Å². The molecule has 9 nitrogen and oxygen atoms in total. The zero-order valence-electron chi connectivity index (χ0n) is 18.7. The number of urea groups is 1. The Morgan fingerprint density at radius 1 is 1.33 bits per heavy atom. The lowest BCUT2D eigenvalue weighted by molar-refractivity contribution is 0.0942. The first-order chi connectivity index (χ1) is 15.8. The van der Waals surface area contributed by atoms with Gasteiger partial charge in [0.25, 0.3) is 5.91 Å². The highest BCUT2D eigenvalue weighted by Crippen LogP contribution is 2.46. The number of nitrogens with one attached hydrogen (secondary N) is 2. The number of nitrogens with zero attached hydrogens (tertiary/aromatic N) is 3. The van der Waals surface area contributed by atoms with Crippen LogP contribution in [0.15, 0.2) is 24.5 Å². The molecule has 0 bridgehead atoms. The maximum Gasteiger partial charge on any atom is 0.331 e. The topological polar surface area (TPSA) is 122 Å². The van der Waals surface area contributed by atoms with Crippen LogP contribution in [0.25, 0.3) is 10.2 Å². The SMILES string of the molecule is Cc1cc(OC(C)C)ncc1N1C(=O)Nc2c(C(=O)N[C@@H]3CC[C@H](N)C3)sc3nccc1c23. The van der Waals surface area contributed by atoms with Crippen LogP contribution in [0.3, 0.4) is 0 Å². The van der Waals surface area contributed by atoms with Gasteiger partial charge < -0.3 is 21.1 Å². The second-order valence-corrected chi connectivity index (χ2v) is 9.80. The van der Waals surface area contributed by atoms with E-state index >= 15 is 0 Å². The van der Waals surface area contributed by atoms with Crippen molar-refractivity contribution in [1.82, 2.24) is 15.3 Å². The lowest BCUT2D eigenvalue weighted by atomic mass is 10.1. The summed E-state index contributed by atoms with van der Waals surface area (Å²) in [4.78, 5) is 37.9. The number of pyridine rings is 2. The van der Waals surface area contributed by atoms with E-state index in [1.807, 2.05) is 26.8 Å². The van der Waals surface area contributed by atoms with E-state index in [0.29, 0.717) is 32.6 Å². The summed E-state index contributed by atoms with van der Waals surface area (Å²) in [5, 5.41) is 6.74. The first-order valence-corrected chi connectivity index (χ1v) is 11.9. The van der Waals surface area contributed by atoms with Crippen LogP contribution in [0, 0.1) is 6.92 Å². The Kier molecular flexibility index (Phi) is 5.41. The summed E-state index contributed by atoms with van der Waals surface area (Å²) in [6.45, 7) is 5.78. The van der Waals surface area contributed by atoms with Gasteiger partial charge in [0.2, 0.25) is 5.88 Å². The summed E-state index contributed by atoms with van der Waals surface area (Å²) < 4.78 is 5.68. The molecule has 4 heterocycles. The third kappa shape index (κ3) is 3.89. The molecule has 4 N–H and O–H groups in total. The Bertz CT molecular complexity index is 1260. The number of hydrogen-bond acceptors (Lipinski definition) is 7. The lowest BCUT2D eigenvalue weighted by Gasteiger charge is -2.29. The fraction of sp³-hybridized carbons (Fsp3) is 0.391. The highest BCUT2D eigenvalue weighted by molar-refractivity contribution is 7.21. The molecule has 0 unspecified atom stereocenters. The van der Waals surface area contributed by atoms with Crippen LogP contribution < -0.4 is 26.0 Å². The molecule has 2 atom stereocenters. The van der Waals surface area contributed by atoms with Gasteiger partial charge in [0.1, 0.15) is 9.71 Å². The van der Waals surface area contributed by atoms with E-state index in [1.54, 1.807) is 23.4 Å². The zero-order chi connectivity index (χ0) is 23.3. The van der Waals surface area contributed by atoms with Gasteiger partial charge in [-0.15, -0.1) is 11.3 Å². The molecule has 3 amide bonds. The molecule has 2 aliphatic rings. The second-order valence-electron chi connectivity index (χ2n) is 8.80.